The fourth-order valence-electron chi connectivity index (χ4n) is 3.83. The fraction of sp³-hybridized carbons (Fsp3) is 0.917. The first-order valence-corrected chi connectivity index (χ1v) is 12.5. The molecule has 37 heavy (non-hydrogen) atoms. The van der Waals surface area contributed by atoms with Gasteiger partial charge < -0.3 is 9.47 Å². The van der Waals surface area contributed by atoms with Gasteiger partial charge in [0.1, 0.15) is 0 Å². The van der Waals surface area contributed by atoms with Crippen LogP contribution in [0.3, 0.4) is 0 Å². The molecular formula is C24H37F9O4. The number of carbonyl (C=O) groups is 2. The minimum Gasteiger partial charge on any atom is -0.465 e. The Morgan fingerprint density at radius 3 is 1.32 bits per heavy atom. The first-order chi connectivity index (χ1) is 17.0. The van der Waals surface area contributed by atoms with E-state index in [9.17, 15) is 49.1 Å². The van der Waals surface area contributed by atoms with Crippen molar-refractivity contribution in [1.82, 2.24) is 0 Å². The Morgan fingerprint density at radius 2 is 0.946 bits per heavy atom. The maximum absolute atomic E-state index is 14.2. The van der Waals surface area contributed by atoms with Crippen molar-refractivity contribution < 1.29 is 58.6 Å². The second-order valence-corrected chi connectivity index (χ2v) is 8.95. The molecule has 0 amide bonds. The third-order valence-corrected chi connectivity index (χ3v) is 6.11. The van der Waals surface area contributed by atoms with Crippen LogP contribution in [0.2, 0.25) is 0 Å². The average molecular weight is 561 g/mol. The Labute approximate surface area is 211 Å². The maximum Gasteiger partial charge on any atom is 0.460 e. The second kappa shape index (κ2) is 15.0. The first kappa shape index (κ1) is 35.3. The molecule has 0 fully saturated rings. The molecule has 0 rings (SSSR count). The van der Waals surface area contributed by atoms with Gasteiger partial charge in [0.05, 0.1) is 13.2 Å². The van der Waals surface area contributed by atoms with E-state index in [0.717, 1.165) is 38.5 Å². The summed E-state index contributed by atoms with van der Waals surface area (Å²) in [6.45, 7) is 4.03. The van der Waals surface area contributed by atoms with E-state index in [1.54, 1.807) is 0 Å². The molecule has 0 saturated carbocycles. The molecule has 0 aromatic rings. The molecule has 4 nitrogen and oxygen atoms in total. The third-order valence-electron chi connectivity index (χ3n) is 6.11. The Bertz CT molecular complexity index is 676. The summed E-state index contributed by atoms with van der Waals surface area (Å²) in [5.74, 6) is -22.6. The SMILES string of the molecule is CCCCCCCCCCCC(CCC(F)(F)C(F)(F)C(F)(F)C(F)(F)F)(C(=O)OCC)C(=O)OCC. The zero-order chi connectivity index (χ0) is 29.0. The summed E-state index contributed by atoms with van der Waals surface area (Å²) in [7, 11) is 0. The molecule has 0 aliphatic rings. The number of carbonyl (C=O) groups excluding carboxylic acids is 2. The molecule has 0 bridgehead atoms. The van der Waals surface area contributed by atoms with Crippen LogP contribution in [0.5, 0.6) is 0 Å². The molecule has 13 heteroatoms. The molecule has 0 spiro atoms. The Morgan fingerprint density at radius 1 is 0.541 bits per heavy atom. The highest BCUT2D eigenvalue weighted by Gasteiger charge is 2.81. The van der Waals surface area contributed by atoms with Gasteiger partial charge in [-0.15, -0.1) is 0 Å². The number of esters is 2. The lowest BCUT2D eigenvalue weighted by molar-refractivity contribution is -0.397. The average Bonchev–Trinajstić information content (AvgIpc) is 2.79. The van der Waals surface area contributed by atoms with Crippen LogP contribution in [-0.2, 0) is 19.1 Å². The molecular weight excluding hydrogens is 523 g/mol. The third kappa shape index (κ3) is 9.23. The van der Waals surface area contributed by atoms with E-state index in [2.05, 4.69) is 6.92 Å². The van der Waals surface area contributed by atoms with Crippen LogP contribution in [-0.4, -0.2) is 49.1 Å². The number of alkyl halides is 9. The van der Waals surface area contributed by atoms with Crippen molar-refractivity contribution >= 4 is 11.9 Å². The summed E-state index contributed by atoms with van der Waals surface area (Å²) in [6, 6.07) is 0. The van der Waals surface area contributed by atoms with Gasteiger partial charge in [-0.3, -0.25) is 9.59 Å². The number of hydrogen-bond donors (Lipinski definition) is 0. The van der Waals surface area contributed by atoms with Gasteiger partial charge in [-0.2, -0.15) is 39.5 Å². The number of unbranched alkanes of at least 4 members (excludes halogenated alkanes) is 8. The Kier molecular flexibility index (Phi) is 14.4. The van der Waals surface area contributed by atoms with Crippen LogP contribution in [0.4, 0.5) is 39.5 Å². The molecule has 0 heterocycles. The molecule has 0 radical (unpaired) electrons. The smallest absolute Gasteiger partial charge is 0.460 e. The van der Waals surface area contributed by atoms with Crippen molar-refractivity contribution in [2.45, 2.75) is 122 Å². The molecule has 0 saturated heterocycles. The topological polar surface area (TPSA) is 52.6 Å². The summed E-state index contributed by atoms with van der Waals surface area (Å²) < 4.78 is 129. The van der Waals surface area contributed by atoms with E-state index in [4.69, 9.17) is 9.47 Å². The quantitative estimate of drug-likeness (QED) is 0.0691. The maximum atomic E-state index is 14.2. The lowest BCUT2D eigenvalue weighted by atomic mass is 9.76. The Hall–Kier alpha value is -1.69. The van der Waals surface area contributed by atoms with Gasteiger partial charge in [0.2, 0.25) is 0 Å². The van der Waals surface area contributed by atoms with E-state index in [1.807, 2.05) is 0 Å². The molecule has 220 valence electrons. The molecule has 0 aromatic heterocycles. The van der Waals surface area contributed by atoms with Crippen molar-refractivity contribution in [2.24, 2.45) is 5.41 Å². The summed E-state index contributed by atoms with van der Waals surface area (Å²) in [5, 5.41) is 0. The molecule has 0 unspecified atom stereocenters. The van der Waals surface area contributed by atoms with Gasteiger partial charge in [0.25, 0.3) is 0 Å². The lowest BCUT2D eigenvalue weighted by Gasteiger charge is -2.36. The van der Waals surface area contributed by atoms with E-state index in [1.165, 1.54) is 13.8 Å². The summed E-state index contributed by atoms with van der Waals surface area (Å²) in [4.78, 5) is 25.4. The van der Waals surface area contributed by atoms with E-state index >= 15 is 0 Å². The minimum absolute atomic E-state index is 0.0767. The highest BCUT2D eigenvalue weighted by molar-refractivity contribution is 6.00. The van der Waals surface area contributed by atoms with Gasteiger partial charge in [-0.25, -0.2) is 0 Å². The number of ether oxygens (including phenoxy) is 2. The molecule has 0 aromatic carbocycles. The van der Waals surface area contributed by atoms with Crippen LogP contribution in [0.1, 0.15) is 97.8 Å². The zero-order valence-electron chi connectivity index (χ0n) is 21.4. The standard InChI is InChI=1S/C24H37F9O4/c1-4-7-8-9-10-11-12-13-14-15-20(18(34)36-5-2,19(35)37-6-3)16-17-21(25,26)22(27,28)23(29,30)24(31,32)33/h4-17H2,1-3H3. The zero-order valence-corrected chi connectivity index (χ0v) is 21.4. The minimum atomic E-state index is -7.06. The predicted molar refractivity (Wildman–Crippen MR) is 118 cm³/mol. The van der Waals surface area contributed by atoms with Crippen LogP contribution < -0.4 is 0 Å². The fourth-order valence-corrected chi connectivity index (χ4v) is 3.83. The normalized spacial score (nSPS) is 13.5. The lowest BCUT2D eigenvalue weighted by Crippen LogP contribution is -2.61. The van der Waals surface area contributed by atoms with Gasteiger partial charge >= 0.3 is 35.9 Å². The van der Waals surface area contributed by atoms with E-state index < -0.39 is 60.6 Å². The number of rotatable bonds is 19. The van der Waals surface area contributed by atoms with E-state index in [0.29, 0.717) is 12.8 Å². The number of hydrogen-bond acceptors (Lipinski definition) is 4. The van der Waals surface area contributed by atoms with Crippen LogP contribution in [0, 0.1) is 5.41 Å². The largest absolute Gasteiger partial charge is 0.465 e. The highest BCUT2D eigenvalue weighted by atomic mass is 19.4. The number of halogens is 9. The van der Waals surface area contributed by atoms with Gasteiger partial charge in [0.15, 0.2) is 5.41 Å². The Balaban J connectivity index is 5.74. The van der Waals surface area contributed by atoms with Crippen molar-refractivity contribution in [1.29, 1.82) is 0 Å². The summed E-state index contributed by atoms with van der Waals surface area (Å²) in [6.07, 6.45) is -4.11. The second-order valence-electron chi connectivity index (χ2n) is 8.95. The highest BCUT2D eigenvalue weighted by Crippen LogP contribution is 2.55. The summed E-state index contributed by atoms with van der Waals surface area (Å²) in [5.41, 5.74) is -2.57. The van der Waals surface area contributed by atoms with Gasteiger partial charge in [-0.05, 0) is 26.7 Å². The van der Waals surface area contributed by atoms with Crippen molar-refractivity contribution in [3.8, 4) is 0 Å². The van der Waals surface area contributed by atoms with Crippen molar-refractivity contribution in [3.05, 3.63) is 0 Å². The van der Waals surface area contributed by atoms with Crippen LogP contribution in [0.25, 0.3) is 0 Å². The van der Waals surface area contributed by atoms with Crippen LogP contribution in [0.15, 0.2) is 0 Å². The van der Waals surface area contributed by atoms with Crippen molar-refractivity contribution in [2.75, 3.05) is 13.2 Å². The summed E-state index contributed by atoms with van der Waals surface area (Å²) >= 11 is 0. The van der Waals surface area contributed by atoms with Crippen molar-refractivity contribution in [3.63, 3.8) is 0 Å². The van der Waals surface area contributed by atoms with E-state index in [-0.39, 0.29) is 19.6 Å². The predicted octanol–water partition coefficient (Wildman–Crippen LogP) is 8.27. The molecule has 0 aliphatic carbocycles. The molecule has 0 atom stereocenters. The molecule has 0 aliphatic heterocycles. The van der Waals surface area contributed by atoms with Gasteiger partial charge in [-0.1, -0.05) is 64.7 Å². The van der Waals surface area contributed by atoms with Crippen LogP contribution >= 0.6 is 0 Å². The molecule has 0 N–H and O–H groups in total. The monoisotopic (exact) mass is 560 g/mol. The van der Waals surface area contributed by atoms with Gasteiger partial charge in [0, 0.05) is 6.42 Å². The first-order valence-electron chi connectivity index (χ1n) is 12.5.